The van der Waals surface area contributed by atoms with Gasteiger partial charge in [-0.15, -0.1) is 0 Å². The van der Waals surface area contributed by atoms with Crippen LogP contribution in [0.4, 0.5) is 5.69 Å². The molecule has 0 aliphatic carbocycles. The SMILES string of the molecule is COc1ccc([N+](=O)[O-])c(C=CCN)n1. The van der Waals surface area contributed by atoms with Crippen LogP contribution in [0.1, 0.15) is 5.69 Å². The van der Waals surface area contributed by atoms with E-state index in [9.17, 15) is 10.1 Å². The quantitative estimate of drug-likeness (QED) is 0.589. The highest BCUT2D eigenvalue weighted by molar-refractivity contribution is 5.57. The maximum atomic E-state index is 10.6. The van der Waals surface area contributed by atoms with Crippen molar-refractivity contribution < 1.29 is 9.66 Å². The molecule has 0 radical (unpaired) electrons. The third kappa shape index (κ3) is 2.75. The highest BCUT2D eigenvalue weighted by atomic mass is 16.6. The normalized spacial score (nSPS) is 10.5. The minimum absolute atomic E-state index is 0.0690. The number of nitrogens with zero attached hydrogens (tertiary/aromatic N) is 2. The van der Waals surface area contributed by atoms with Gasteiger partial charge in [0.25, 0.3) is 5.69 Å². The molecule has 0 aliphatic heterocycles. The van der Waals surface area contributed by atoms with Crippen molar-refractivity contribution in [2.24, 2.45) is 5.73 Å². The van der Waals surface area contributed by atoms with E-state index >= 15 is 0 Å². The van der Waals surface area contributed by atoms with Crippen molar-refractivity contribution in [1.82, 2.24) is 4.98 Å². The summed E-state index contributed by atoms with van der Waals surface area (Å²) in [6.45, 7) is 0.302. The summed E-state index contributed by atoms with van der Waals surface area (Å²) in [6.07, 6.45) is 3.09. The van der Waals surface area contributed by atoms with E-state index < -0.39 is 4.92 Å². The third-order valence-corrected chi connectivity index (χ3v) is 1.69. The third-order valence-electron chi connectivity index (χ3n) is 1.69. The van der Waals surface area contributed by atoms with Crippen LogP contribution in [0.3, 0.4) is 0 Å². The maximum absolute atomic E-state index is 10.6. The van der Waals surface area contributed by atoms with E-state index in [4.69, 9.17) is 10.5 Å². The Bertz CT molecular complexity index is 390. The standard InChI is InChI=1S/C9H11N3O3/c1-15-9-5-4-8(12(13)14)7(11-9)3-2-6-10/h2-5H,6,10H2,1H3. The van der Waals surface area contributed by atoms with E-state index in [0.717, 1.165) is 0 Å². The van der Waals surface area contributed by atoms with Crippen LogP contribution < -0.4 is 10.5 Å². The molecule has 0 spiro atoms. The smallest absolute Gasteiger partial charge is 0.295 e. The molecule has 1 heterocycles. The molecule has 0 amide bonds. The molecule has 6 heteroatoms. The molecule has 0 fully saturated rings. The lowest BCUT2D eigenvalue weighted by Gasteiger charge is -2.00. The van der Waals surface area contributed by atoms with Gasteiger partial charge >= 0.3 is 0 Å². The maximum Gasteiger partial charge on any atom is 0.295 e. The zero-order chi connectivity index (χ0) is 11.3. The molecule has 0 aliphatic rings. The van der Waals surface area contributed by atoms with Crippen LogP contribution in [-0.2, 0) is 0 Å². The van der Waals surface area contributed by atoms with Crippen molar-refractivity contribution in [1.29, 1.82) is 0 Å². The largest absolute Gasteiger partial charge is 0.481 e. The van der Waals surface area contributed by atoms with Gasteiger partial charge < -0.3 is 10.5 Å². The first kappa shape index (κ1) is 11.1. The Hall–Kier alpha value is -1.95. The fraction of sp³-hybridized carbons (Fsp3) is 0.222. The molecule has 0 unspecified atom stereocenters. The molecule has 1 aromatic rings. The van der Waals surface area contributed by atoms with Gasteiger partial charge in [0.1, 0.15) is 5.69 Å². The van der Waals surface area contributed by atoms with Gasteiger partial charge in [-0.05, 0) is 6.08 Å². The Morgan fingerprint density at radius 3 is 2.93 bits per heavy atom. The zero-order valence-corrected chi connectivity index (χ0v) is 8.21. The van der Waals surface area contributed by atoms with Crippen LogP contribution in [0.25, 0.3) is 6.08 Å². The molecular weight excluding hydrogens is 198 g/mol. The minimum atomic E-state index is -0.497. The number of hydrogen-bond acceptors (Lipinski definition) is 5. The van der Waals surface area contributed by atoms with E-state index in [1.165, 1.54) is 25.3 Å². The Kier molecular flexibility index (Phi) is 3.75. The average Bonchev–Trinajstić information content (AvgIpc) is 2.25. The second-order valence-electron chi connectivity index (χ2n) is 2.65. The van der Waals surface area contributed by atoms with Gasteiger partial charge in [-0.3, -0.25) is 10.1 Å². The lowest BCUT2D eigenvalue weighted by Crippen LogP contribution is -1.98. The van der Waals surface area contributed by atoms with E-state index in [1.807, 2.05) is 0 Å². The van der Waals surface area contributed by atoms with Crippen molar-refractivity contribution in [2.45, 2.75) is 0 Å². The first-order valence-corrected chi connectivity index (χ1v) is 4.25. The average molecular weight is 209 g/mol. The zero-order valence-electron chi connectivity index (χ0n) is 8.21. The van der Waals surface area contributed by atoms with Crippen LogP contribution >= 0.6 is 0 Å². The van der Waals surface area contributed by atoms with Gasteiger partial charge in [-0.2, -0.15) is 0 Å². The molecule has 0 saturated carbocycles. The molecule has 0 atom stereocenters. The van der Waals surface area contributed by atoms with Gasteiger partial charge in [0, 0.05) is 18.7 Å². The fourth-order valence-corrected chi connectivity index (χ4v) is 1.02. The topological polar surface area (TPSA) is 91.3 Å². The summed E-state index contributed by atoms with van der Waals surface area (Å²) in [6, 6.07) is 2.79. The number of ether oxygens (including phenoxy) is 1. The van der Waals surface area contributed by atoms with Crippen LogP contribution in [0, 0.1) is 10.1 Å². The lowest BCUT2D eigenvalue weighted by molar-refractivity contribution is -0.385. The summed E-state index contributed by atoms with van der Waals surface area (Å²) < 4.78 is 4.87. The van der Waals surface area contributed by atoms with Gasteiger partial charge in [-0.25, -0.2) is 4.98 Å². The van der Waals surface area contributed by atoms with Crippen molar-refractivity contribution in [3.8, 4) is 5.88 Å². The highest BCUT2D eigenvalue weighted by Gasteiger charge is 2.13. The Labute approximate surface area is 86.5 Å². The molecule has 2 N–H and O–H groups in total. The molecule has 0 aromatic carbocycles. The van der Waals surface area contributed by atoms with E-state index in [0.29, 0.717) is 12.4 Å². The molecule has 6 nitrogen and oxygen atoms in total. The Morgan fingerprint density at radius 1 is 1.67 bits per heavy atom. The number of nitrogens with two attached hydrogens (primary N) is 1. The molecule has 1 rings (SSSR count). The van der Waals surface area contributed by atoms with E-state index in [1.54, 1.807) is 6.08 Å². The number of nitro groups is 1. The van der Waals surface area contributed by atoms with Crippen molar-refractivity contribution in [2.75, 3.05) is 13.7 Å². The van der Waals surface area contributed by atoms with Gasteiger partial charge in [0.15, 0.2) is 0 Å². The molecule has 0 saturated heterocycles. The number of aromatic nitrogens is 1. The van der Waals surface area contributed by atoms with Crippen LogP contribution in [0.5, 0.6) is 5.88 Å². The molecule has 1 aromatic heterocycles. The van der Waals surface area contributed by atoms with Crippen LogP contribution in [-0.4, -0.2) is 23.6 Å². The summed E-state index contributed by atoms with van der Waals surface area (Å²) in [5.74, 6) is 0.331. The summed E-state index contributed by atoms with van der Waals surface area (Å²) in [5, 5.41) is 10.6. The minimum Gasteiger partial charge on any atom is -0.481 e. The van der Waals surface area contributed by atoms with Gasteiger partial charge in [-0.1, -0.05) is 6.08 Å². The summed E-state index contributed by atoms with van der Waals surface area (Å²) in [5.41, 5.74) is 5.43. The summed E-state index contributed by atoms with van der Waals surface area (Å²) in [7, 11) is 1.45. The first-order chi connectivity index (χ1) is 7.19. The lowest BCUT2D eigenvalue weighted by atomic mass is 10.2. The highest BCUT2D eigenvalue weighted by Crippen LogP contribution is 2.20. The summed E-state index contributed by atoms with van der Waals surface area (Å²) in [4.78, 5) is 14.1. The second-order valence-corrected chi connectivity index (χ2v) is 2.65. The monoisotopic (exact) mass is 209 g/mol. The summed E-state index contributed by atoms with van der Waals surface area (Å²) >= 11 is 0. The number of hydrogen-bond donors (Lipinski definition) is 1. The molecule has 80 valence electrons. The molecular formula is C9H11N3O3. The van der Waals surface area contributed by atoms with Crippen molar-refractivity contribution >= 4 is 11.8 Å². The Balaban J connectivity index is 3.16. The predicted octanol–water partition coefficient (Wildman–Crippen LogP) is 0.970. The van der Waals surface area contributed by atoms with Crippen molar-refractivity contribution in [3.05, 3.63) is 34.0 Å². The van der Waals surface area contributed by atoms with Gasteiger partial charge in [0.2, 0.25) is 5.88 Å². The van der Waals surface area contributed by atoms with Gasteiger partial charge in [0.05, 0.1) is 12.0 Å². The van der Waals surface area contributed by atoms with Crippen molar-refractivity contribution in [3.63, 3.8) is 0 Å². The first-order valence-electron chi connectivity index (χ1n) is 4.25. The fourth-order valence-electron chi connectivity index (χ4n) is 1.02. The number of methoxy groups -OCH3 is 1. The molecule has 15 heavy (non-hydrogen) atoms. The number of rotatable bonds is 4. The van der Waals surface area contributed by atoms with Crippen LogP contribution in [0.15, 0.2) is 18.2 Å². The van der Waals surface area contributed by atoms with Crippen LogP contribution in [0.2, 0.25) is 0 Å². The molecule has 0 bridgehead atoms. The Morgan fingerprint density at radius 2 is 2.40 bits per heavy atom. The second kappa shape index (κ2) is 5.06. The van der Waals surface area contributed by atoms with E-state index in [2.05, 4.69) is 4.98 Å². The predicted molar refractivity (Wildman–Crippen MR) is 55.5 cm³/mol. The van der Waals surface area contributed by atoms with E-state index in [-0.39, 0.29) is 11.4 Å². The number of pyridine rings is 1.